The predicted molar refractivity (Wildman–Crippen MR) is 183 cm³/mol. The van der Waals surface area contributed by atoms with Crippen LogP contribution in [0.4, 0.5) is 0 Å². The van der Waals surface area contributed by atoms with E-state index in [2.05, 4.69) is 47.2 Å². The Morgan fingerprint density at radius 1 is 0.979 bits per heavy atom. The molecule has 2 aromatic carbocycles. The smallest absolute Gasteiger partial charge is 0.253 e. The van der Waals surface area contributed by atoms with Crippen molar-refractivity contribution in [2.45, 2.75) is 77.7 Å². The van der Waals surface area contributed by atoms with Gasteiger partial charge < -0.3 is 15.6 Å². The molecule has 246 valence electrons. The van der Waals surface area contributed by atoms with Crippen LogP contribution in [-0.4, -0.2) is 64.4 Å². The second-order valence-electron chi connectivity index (χ2n) is 15.0. The summed E-state index contributed by atoms with van der Waals surface area (Å²) in [6, 6.07) is 14.2. The van der Waals surface area contributed by atoms with Crippen molar-refractivity contribution in [3.8, 4) is 0 Å². The predicted octanol–water partition coefficient (Wildman–Crippen LogP) is 5.39. The highest BCUT2D eigenvalue weighted by molar-refractivity contribution is 6.12. The number of allylic oxidation sites excluding steroid dienone is 2. The van der Waals surface area contributed by atoms with Gasteiger partial charge in [-0.1, -0.05) is 38.1 Å². The maximum atomic E-state index is 13.6. The molecule has 1 aromatic heterocycles. The fourth-order valence-electron chi connectivity index (χ4n) is 8.06. The van der Waals surface area contributed by atoms with Gasteiger partial charge in [0.1, 0.15) is 0 Å². The number of piperidine rings is 2. The van der Waals surface area contributed by atoms with Gasteiger partial charge in [-0.05, 0) is 96.7 Å². The average molecular weight is 635 g/mol. The number of carbonyl (C=O) groups is 3. The number of aromatic amines is 1. The maximum absolute atomic E-state index is 13.6. The van der Waals surface area contributed by atoms with Gasteiger partial charge in [0.05, 0.1) is 17.3 Å². The van der Waals surface area contributed by atoms with Crippen LogP contribution in [0.1, 0.15) is 97.5 Å². The molecule has 0 radical (unpaired) electrons. The first-order valence-corrected chi connectivity index (χ1v) is 17.2. The Balaban J connectivity index is 0.946. The van der Waals surface area contributed by atoms with Gasteiger partial charge in [-0.25, -0.2) is 0 Å². The molecule has 1 aliphatic carbocycles. The van der Waals surface area contributed by atoms with Crippen LogP contribution >= 0.6 is 0 Å². The molecule has 0 bridgehead atoms. The van der Waals surface area contributed by atoms with Crippen molar-refractivity contribution in [2.24, 2.45) is 17.1 Å². The molecule has 3 aromatic rings. The monoisotopic (exact) mass is 634 g/mol. The van der Waals surface area contributed by atoms with Gasteiger partial charge in [0.25, 0.3) is 5.91 Å². The Bertz CT molecular complexity index is 1790. The van der Waals surface area contributed by atoms with Gasteiger partial charge in [-0.3, -0.25) is 30.0 Å². The number of likely N-dealkylation sites (tertiary alicyclic amines) is 1. The van der Waals surface area contributed by atoms with Crippen LogP contribution in [0.2, 0.25) is 0 Å². The van der Waals surface area contributed by atoms with E-state index < -0.39 is 0 Å². The topological polar surface area (TPSA) is 135 Å². The summed E-state index contributed by atoms with van der Waals surface area (Å²) >= 11 is 0. The standard InChI is InChI=1S/C38H46N6O3/c1-38(2)13-9-30(31(39)20-38)35(40)33-18-26-5-6-27(19-32(26)41-33)37(47)44-15-10-23(11-16-44)21-43-14-12-24-3-4-25(17-28(24)22-43)29-7-8-34(45)42-36(29)46/h3-6,17-19,23,29,40-41H,7-16,20-22,39H2,1-2H3,(H,42,45,46). The van der Waals surface area contributed by atoms with Gasteiger partial charge in [0.2, 0.25) is 11.8 Å². The summed E-state index contributed by atoms with van der Waals surface area (Å²) in [6.07, 6.45) is 6.54. The third-order valence-electron chi connectivity index (χ3n) is 10.9. The number of imide groups is 1. The van der Waals surface area contributed by atoms with E-state index in [0.717, 1.165) is 105 Å². The summed E-state index contributed by atoms with van der Waals surface area (Å²) in [5, 5.41) is 12.3. The van der Waals surface area contributed by atoms with E-state index in [9.17, 15) is 14.4 Å². The first-order valence-electron chi connectivity index (χ1n) is 17.2. The number of hydrogen-bond donors (Lipinski definition) is 4. The van der Waals surface area contributed by atoms with E-state index in [-0.39, 0.29) is 29.1 Å². The molecule has 2 fully saturated rings. The van der Waals surface area contributed by atoms with Crippen LogP contribution in [-0.2, 0) is 22.6 Å². The van der Waals surface area contributed by atoms with Crippen LogP contribution in [0.5, 0.6) is 0 Å². The molecule has 3 amide bonds. The number of carbonyl (C=O) groups excluding carboxylic acids is 3. The summed E-state index contributed by atoms with van der Waals surface area (Å²) in [6.45, 7) is 8.83. The van der Waals surface area contributed by atoms with E-state index in [0.29, 0.717) is 30.0 Å². The second kappa shape index (κ2) is 12.4. The van der Waals surface area contributed by atoms with E-state index >= 15 is 0 Å². The zero-order chi connectivity index (χ0) is 32.9. The molecule has 9 nitrogen and oxygen atoms in total. The lowest BCUT2D eigenvalue weighted by molar-refractivity contribution is -0.134. The number of fused-ring (bicyclic) bond motifs is 2. The molecule has 47 heavy (non-hydrogen) atoms. The van der Waals surface area contributed by atoms with Gasteiger partial charge >= 0.3 is 0 Å². The molecule has 0 spiro atoms. The van der Waals surface area contributed by atoms with E-state index in [1.807, 2.05) is 29.2 Å². The molecular formula is C38H46N6O3. The van der Waals surface area contributed by atoms with Crippen LogP contribution < -0.4 is 11.1 Å². The molecule has 5 N–H and O–H groups in total. The van der Waals surface area contributed by atoms with Crippen molar-refractivity contribution in [3.63, 3.8) is 0 Å². The minimum atomic E-state index is -0.255. The average Bonchev–Trinajstić information content (AvgIpc) is 3.48. The Labute approximate surface area is 276 Å². The van der Waals surface area contributed by atoms with Gasteiger partial charge in [-0.15, -0.1) is 0 Å². The molecular weight excluding hydrogens is 588 g/mol. The number of amides is 3. The second-order valence-corrected chi connectivity index (χ2v) is 15.0. The zero-order valence-corrected chi connectivity index (χ0v) is 27.6. The third kappa shape index (κ3) is 6.50. The Morgan fingerprint density at radius 3 is 2.55 bits per heavy atom. The number of H-pyrrole nitrogens is 1. The molecule has 1 atom stereocenters. The zero-order valence-electron chi connectivity index (χ0n) is 27.6. The van der Waals surface area contributed by atoms with Gasteiger partial charge in [-0.2, -0.15) is 0 Å². The number of nitrogens with zero attached hydrogens (tertiary/aromatic N) is 2. The number of nitrogens with two attached hydrogens (primary N) is 1. The van der Waals surface area contributed by atoms with E-state index in [1.165, 1.54) is 11.1 Å². The van der Waals surface area contributed by atoms with E-state index in [1.54, 1.807) is 0 Å². The summed E-state index contributed by atoms with van der Waals surface area (Å²) in [5.74, 6) is -0.0265. The lowest BCUT2D eigenvalue weighted by Crippen LogP contribution is -2.42. The minimum Gasteiger partial charge on any atom is -0.402 e. The quantitative estimate of drug-likeness (QED) is 0.213. The highest BCUT2D eigenvalue weighted by Gasteiger charge is 2.31. The summed E-state index contributed by atoms with van der Waals surface area (Å²) in [5.41, 5.74) is 14.7. The number of aromatic nitrogens is 1. The van der Waals surface area contributed by atoms with Crippen molar-refractivity contribution in [2.75, 3.05) is 26.2 Å². The molecule has 0 saturated carbocycles. The first-order chi connectivity index (χ1) is 22.5. The first kappa shape index (κ1) is 31.4. The SMILES string of the molecule is CC1(C)CCC(C(=N)c2cc3ccc(C(=O)N4CCC(CN5CCc6ccc(C7CCC(=O)NC7=O)cc6C5)CC4)cc3[nH]2)=C(N)C1. The van der Waals surface area contributed by atoms with Crippen LogP contribution in [0.3, 0.4) is 0 Å². The number of hydrogen-bond acceptors (Lipinski definition) is 6. The van der Waals surface area contributed by atoms with Crippen LogP contribution in [0, 0.1) is 16.7 Å². The van der Waals surface area contributed by atoms with Crippen molar-refractivity contribution < 1.29 is 14.4 Å². The van der Waals surface area contributed by atoms with Crippen molar-refractivity contribution in [1.82, 2.24) is 20.1 Å². The molecule has 7 rings (SSSR count). The molecule has 4 aliphatic rings. The fraction of sp³-hybridized carbons (Fsp3) is 0.474. The fourth-order valence-corrected chi connectivity index (χ4v) is 8.06. The minimum absolute atomic E-state index is 0.0610. The lowest BCUT2D eigenvalue weighted by Gasteiger charge is -2.37. The normalized spacial score (nSPS) is 22.3. The van der Waals surface area contributed by atoms with Crippen molar-refractivity contribution >= 4 is 34.3 Å². The third-order valence-corrected chi connectivity index (χ3v) is 10.9. The number of nitrogens with one attached hydrogen (secondary N) is 3. The number of rotatable bonds is 6. The van der Waals surface area contributed by atoms with Crippen molar-refractivity contribution in [1.29, 1.82) is 5.41 Å². The highest BCUT2D eigenvalue weighted by Crippen LogP contribution is 2.38. The Hall–Kier alpha value is -4.24. The molecule has 1 unspecified atom stereocenters. The largest absolute Gasteiger partial charge is 0.402 e. The Morgan fingerprint density at radius 2 is 1.79 bits per heavy atom. The maximum Gasteiger partial charge on any atom is 0.253 e. The molecule has 9 heteroatoms. The molecule has 2 saturated heterocycles. The van der Waals surface area contributed by atoms with E-state index in [4.69, 9.17) is 11.1 Å². The molecule has 3 aliphatic heterocycles. The lowest BCUT2D eigenvalue weighted by atomic mass is 9.75. The summed E-state index contributed by atoms with van der Waals surface area (Å²) in [7, 11) is 0. The van der Waals surface area contributed by atoms with Gasteiger partial charge in [0.15, 0.2) is 0 Å². The Kier molecular flexibility index (Phi) is 8.28. The summed E-state index contributed by atoms with van der Waals surface area (Å²) in [4.78, 5) is 45.5. The van der Waals surface area contributed by atoms with Gasteiger partial charge in [0, 0.05) is 61.3 Å². The van der Waals surface area contributed by atoms with Crippen LogP contribution in [0.15, 0.2) is 53.7 Å². The number of benzene rings is 2. The highest BCUT2D eigenvalue weighted by atomic mass is 16.2. The molecule has 4 heterocycles. The summed E-state index contributed by atoms with van der Waals surface area (Å²) < 4.78 is 0. The van der Waals surface area contributed by atoms with Crippen molar-refractivity contribution in [3.05, 3.63) is 81.7 Å². The van der Waals surface area contributed by atoms with Crippen LogP contribution in [0.25, 0.3) is 10.9 Å².